The molecule has 12 heteroatoms. The molecule has 0 aliphatic carbocycles. The van der Waals surface area contributed by atoms with E-state index in [1.807, 2.05) is 6.07 Å². The summed E-state index contributed by atoms with van der Waals surface area (Å²) in [6.45, 7) is 3.13. The molecule has 1 aromatic heterocycles. The van der Waals surface area contributed by atoms with Gasteiger partial charge in [0.2, 0.25) is 11.8 Å². The minimum atomic E-state index is -1.22. The van der Waals surface area contributed by atoms with Crippen LogP contribution in [0, 0.1) is 0 Å². The second kappa shape index (κ2) is 11.2. The standard InChI is InChI=1S/C26H25N5O6S/c1-14(16-7-5-4-6-8-16)21(22(33)30-25-28-19(13-38-25)24(35)37-3)31-23(34)20(29-26(31)36)17-9-11-18(12-10-17)27-15(2)32/h4-14,20-21H,1-3H3,(H,27,32)(H,29,36)(H,28,30,33)/t14-,20?,21-/m0/s1. The first-order valence-electron chi connectivity index (χ1n) is 11.6. The smallest absolute Gasteiger partial charge is 0.357 e. The van der Waals surface area contributed by atoms with Crippen LogP contribution in [-0.2, 0) is 19.1 Å². The van der Waals surface area contributed by atoms with Crippen LogP contribution in [0.3, 0.4) is 0 Å². The number of aromatic nitrogens is 1. The molecule has 196 valence electrons. The third-order valence-electron chi connectivity index (χ3n) is 6.01. The second-order valence-corrected chi connectivity index (χ2v) is 9.41. The average molecular weight is 536 g/mol. The van der Waals surface area contributed by atoms with Crippen molar-refractivity contribution in [2.45, 2.75) is 31.8 Å². The quantitative estimate of drug-likeness (QED) is 0.296. The van der Waals surface area contributed by atoms with Crippen molar-refractivity contribution in [3.05, 3.63) is 76.8 Å². The van der Waals surface area contributed by atoms with E-state index in [9.17, 15) is 24.0 Å². The Morgan fingerprint density at radius 2 is 1.74 bits per heavy atom. The number of imide groups is 1. The summed E-state index contributed by atoms with van der Waals surface area (Å²) in [4.78, 5) is 68.3. The molecule has 1 fully saturated rings. The third-order valence-corrected chi connectivity index (χ3v) is 6.77. The Morgan fingerprint density at radius 1 is 1.05 bits per heavy atom. The minimum absolute atomic E-state index is 0.0261. The summed E-state index contributed by atoms with van der Waals surface area (Å²) in [6, 6.07) is 12.6. The number of rotatable bonds is 8. The number of amides is 5. The molecule has 3 aromatic rings. The van der Waals surface area contributed by atoms with Crippen molar-refractivity contribution in [2.75, 3.05) is 17.7 Å². The molecule has 1 unspecified atom stereocenters. The van der Waals surface area contributed by atoms with Crippen molar-refractivity contribution in [3.63, 3.8) is 0 Å². The molecule has 1 saturated heterocycles. The van der Waals surface area contributed by atoms with Gasteiger partial charge in [-0.05, 0) is 23.3 Å². The van der Waals surface area contributed by atoms with Crippen LogP contribution < -0.4 is 16.0 Å². The molecular weight excluding hydrogens is 510 g/mol. The molecule has 2 aromatic carbocycles. The summed E-state index contributed by atoms with van der Waals surface area (Å²) in [5.41, 5.74) is 1.80. The van der Waals surface area contributed by atoms with Crippen LogP contribution in [0.15, 0.2) is 60.0 Å². The van der Waals surface area contributed by atoms with Gasteiger partial charge in [-0.1, -0.05) is 49.4 Å². The summed E-state index contributed by atoms with van der Waals surface area (Å²) in [6.07, 6.45) is 0. The van der Waals surface area contributed by atoms with Gasteiger partial charge in [0, 0.05) is 23.9 Å². The number of thiazole rings is 1. The fourth-order valence-electron chi connectivity index (χ4n) is 4.16. The van der Waals surface area contributed by atoms with Gasteiger partial charge in [-0.3, -0.25) is 14.4 Å². The lowest BCUT2D eigenvalue weighted by atomic mass is 9.91. The molecule has 5 amide bonds. The van der Waals surface area contributed by atoms with Crippen molar-refractivity contribution in [1.82, 2.24) is 15.2 Å². The SMILES string of the molecule is COC(=O)c1csc(NC(=O)[C@H]([C@@H](C)c2ccccc2)N2C(=O)NC(c3ccc(NC(C)=O)cc3)C2=O)n1. The molecule has 0 saturated carbocycles. The zero-order valence-corrected chi connectivity index (χ0v) is 21.6. The molecule has 3 atom stereocenters. The number of nitrogens with one attached hydrogen (secondary N) is 3. The normalized spacial score (nSPS) is 16.4. The van der Waals surface area contributed by atoms with Crippen LogP contribution in [0.4, 0.5) is 15.6 Å². The van der Waals surface area contributed by atoms with Crippen molar-refractivity contribution in [1.29, 1.82) is 0 Å². The number of esters is 1. The van der Waals surface area contributed by atoms with Crippen molar-refractivity contribution in [3.8, 4) is 0 Å². The van der Waals surface area contributed by atoms with E-state index in [2.05, 4.69) is 25.7 Å². The van der Waals surface area contributed by atoms with Gasteiger partial charge in [-0.2, -0.15) is 0 Å². The summed E-state index contributed by atoms with van der Waals surface area (Å²) in [5.74, 6) is -2.71. The number of benzene rings is 2. The van der Waals surface area contributed by atoms with Gasteiger partial charge < -0.3 is 20.7 Å². The van der Waals surface area contributed by atoms with Crippen LogP contribution in [0.1, 0.15) is 47.4 Å². The Morgan fingerprint density at radius 3 is 2.37 bits per heavy atom. The molecule has 1 aliphatic heterocycles. The lowest BCUT2D eigenvalue weighted by Crippen LogP contribution is -2.50. The van der Waals surface area contributed by atoms with E-state index in [0.717, 1.165) is 21.8 Å². The summed E-state index contributed by atoms with van der Waals surface area (Å²) >= 11 is 1.02. The highest BCUT2D eigenvalue weighted by atomic mass is 32.1. The highest BCUT2D eigenvalue weighted by molar-refractivity contribution is 7.14. The first kappa shape index (κ1) is 26.5. The molecule has 4 rings (SSSR count). The number of urea groups is 1. The zero-order valence-electron chi connectivity index (χ0n) is 20.8. The molecule has 2 heterocycles. The number of hydrogen-bond acceptors (Lipinski definition) is 8. The highest BCUT2D eigenvalue weighted by Gasteiger charge is 2.47. The number of nitrogens with zero attached hydrogens (tertiary/aromatic N) is 2. The maximum Gasteiger partial charge on any atom is 0.357 e. The van der Waals surface area contributed by atoms with Gasteiger partial charge in [0.15, 0.2) is 10.8 Å². The summed E-state index contributed by atoms with van der Waals surface area (Å²) in [7, 11) is 1.22. The maximum absolute atomic E-state index is 13.6. The lowest BCUT2D eigenvalue weighted by molar-refractivity contribution is -0.134. The van der Waals surface area contributed by atoms with E-state index in [1.54, 1.807) is 55.5 Å². The first-order valence-corrected chi connectivity index (χ1v) is 12.5. The van der Waals surface area contributed by atoms with E-state index in [1.165, 1.54) is 19.4 Å². The molecule has 3 N–H and O–H groups in total. The fraction of sp³-hybridized carbons (Fsp3) is 0.231. The predicted molar refractivity (Wildman–Crippen MR) is 140 cm³/mol. The largest absolute Gasteiger partial charge is 0.464 e. The Labute approximate surface area is 222 Å². The van der Waals surface area contributed by atoms with E-state index in [-0.39, 0.29) is 16.7 Å². The van der Waals surface area contributed by atoms with Crippen molar-refractivity contribution in [2.24, 2.45) is 0 Å². The zero-order chi connectivity index (χ0) is 27.4. The molecule has 38 heavy (non-hydrogen) atoms. The Kier molecular flexibility index (Phi) is 7.82. The number of methoxy groups -OCH3 is 1. The number of hydrogen-bond donors (Lipinski definition) is 3. The molecular formula is C26H25N5O6S. The number of anilines is 2. The molecule has 11 nitrogen and oxygen atoms in total. The molecule has 1 aliphatic rings. The molecule has 0 bridgehead atoms. The Balaban J connectivity index is 1.63. The van der Waals surface area contributed by atoms with E-state index < -0.39 is 41.8 Å². The third kappa shape index (κ3) is 5.54. The minimum Gasteiger partial charge on any atom is -0.464 e. The first-order chi connectivity index (χ1) is 18.2. The number of carbonyl (C=O) groups is 5. The summed E-state index contributed by atoms with van der Waals surface area (Å²) < 4.78 is 4.65. The van der Waals surface area contributed by atoms with Crippen LogP contribution in [0.2, 0.25) is 0 Å². The van der Waals surface area contributed by atoms with Gasteiger partial charge in [-0.25, -0.2) is 19.5 Å². The maximum atomic E-state index is 13.6. The van der Waals surface area contributed by atoms with Crippen LogP contribution in [0.5, 0.6) is 0 Å². The number of ether oxygens (including phenoxy) is 1. The van der Waals surface area contributed by atoms with Crippen LogP contribution >= 0.6 is 11.3 Å². The molecule has 0 spiro atoms. The van der Waals surface area contributed by atoms with Crippen LogP contribution in [0.25, 0.3) is 0 Å². The van der Waals surface area contributed by atoms with Crippen LogP contribution in [-0.4, -0.2) is 52.8 Å². The fourth-order valence-corrected chi connectivity index (χ4v) is 4.84. The average Bonchev–Trinajstić information content (AvgIpc) is 3.49. The topological polar surface area (TPSA) is 147 Å². The second-order valence-electron chi connectivity index (χ2n) is 8.56. The van der Waals surface area contributed by atoms with E-state index >= 15 is 0 Å². The van der Waals surface area contributed by atoms with Crippen molar-refractivity contribution >= 4 is 51.9 Å². The highest BCUT2D eigenvalue weighted by Crippen LogP contribution is 2.31. The van der Waals surface area contributed by atoms with Gasteiger partial charge in [0.1, 0.15) is 12.1 Å². The monoisotopic (exact) mass is 535 g/mol. The lowest BCUT2D eigenvalue weighted by Gasteiger charge is -2.29. The Bertz CT molecular complexity index is 1370. The van der Waals surface area contributed by atoms with E-state index in [4.69, 9.17) is 0 Å². The van der Waals surface area contributed by atoms with Gasteiger partial charge in [0.25, 0.3) is 5.91 Å². The number of carbonyl (C=O) groups excluding carboxylic acids is 5. The van der Waals surface area contributed by atoms with E-state index in [0.29, 0.717) is 11.3 Å². The molecule has 0 radical (unpaired) electrons. The van der Waals surface area contributed by atoms with Gasteiger partial charge in [-0.15, -0.1) is 11.3 Å². The van der Waals surface area contributed by atoms with Gasteiger partial charge >= 0.3 is 12.0 Å². The van der Waals surface area contributed by atoms with Gasteiger partial charge in [0.05, 0.1) is 7.11 Å². The summed E-state index contributed by atoms with van der Waals surface area (Å²) in [5, 5.41) is 9.50. The predicted octanol–water partition coefficient (Wildman–Crippen LogP) is 3.29. The Hall–Kier alpha value is -4.58. The van der Waals surface area contributed by atoms with Crippen molar-refractivity contribution < 1.29 is 28.7 Å².